The Labute approximate surface area is 131 Å². The van der Waals surface area contributed by atoms with Crippen LogP contribution in [0.25, 0.3) is 10.8 Å². The maximum absolute atomic E-state index is 11.6. The van der Waals surface area contributed by atoms with E-state index in [4.69, 9.17) is 0 Å². The number of hydrogen-bond donors (Lipinski definition) is 3. The molecule has 0 saturated heterocycles. The summed E-state index contributed by atoms with van der Waals surface area (Å²) in [6, 6.07) is 3.47. The molecular weight excluding hydrogens is 348 g/mol. The molecule has 0 saturated carbocycles. The van der Waals surface area contributed by atoms with Gasteiger partial charge in [0, 0.05) is 17.8 Å². The highest BCUT2D eigenvalue weighted by atomic mass is 32.2. The molecule has 0 spiro atoms. The van der Waals surface area contributed by atoms with Crippen molar-refractivity contribution in [2.75, 3.05) is 7.05 Å². The van der Waals surface area contributed by atoms with Gasteiger partial charge in [-0.25, -0.2) is 0 Å². The minimum Gasteiger partial charge on any atom is -0.505 e. The van der Waals surface area contributed by atoms with Gasteiger partial charge in [-0.05, 0) is 18.6 Å². The van der Waals surface area contributed by atoms with Crippen LogP contribution in [0.1, 0.15) is 5.56 Å². The molecule has 0 aromatic heterocycles. The van der Waals surface area contributed by atoms with Crippen LogP contribution in [-0.2, 0) is 20.2 Å². The topological polar surface area (TPSA) is 154 Å². The molecule has 23 heavy (non-hydrogen) atoms. The number of hydrogen-bond acceptors (Lipinski definition) is 7. The minimum atomic E-state index is -4.83. The first-order chi connectivity index (χ1) is 10.5. The number of rotatable bonds is 3. The first-order valence-corrected chi connectivity index (χ1v) is 8.90. The molecule has 0 unspecified atom stereocenters. The summed E-state index contributed by atoms with van der Waals surface area (Å²) >= 11 is 0. The molecule has 0 aliphatic carbocycles. The molecule has 2 aromatic rings. The van der Waals surface area contributed by atoms with Crippen LogP contribution >= 0.6 is 0 Å². The predicted octanol–water partition coefficient (Wildman–Crippen LogP) is 2.06. The van der Waals surface area contributed by atoms with Crippen LogP contribution in [0.4, 0.5) is 5.69 Å². The number of benzene rings is 2. The number of aryl methyl sites for hydroxylation is 1. The third-order valence-corrected chi connectivity index (χ3v) is 5.04. The van der Waals surface area contributed by atoms with Gasteiger partial charge in [0.2, 0.25) is 0 Å². The second-order valence-corrected chi connectivity index (χ2v) is 7.38. The first-order valence-electron chi connectivity index (χ1n) is 6.02. The van der Waals surface area contributed by atoms with Crippen molar-refractivity contribution in [1.82, 2.24) is 0 Å². The second-order valence-electron chi connectivity index (χ2n) is 4.63. The molecule has 124 valence electrons. The summed E-state index contributed by atoms with van der Waals surface area (Å²) < 4.78 is 64.8. The lowest BCUT2D eigenvalue weighted by Gasteiger charge is -2.12. The molecule has 2 rings (SSSR count). The Morgan fingerprint density at radius 2 is 1.61 bits per heavy atom. The lowest BCUT2D eigenvalue weighted by atomic mass is 10.1. The second kappa shape index (κ2) is 5.53. The number of fused-ring (bicyclic) bond motifs is 1. The van der Waals surface area contributed by atoms with E-state index in [1.165, 1.54) is 26.1 Å². The van der Waals surface area contributed by atoms with Crippen molar-refractivity contribution in [2.45, 2.75) is 16.7 Å². The maximum atomic E-state index is 11.6. The van der Waals surface area contributed by atoms with E-state index in [9.17, 15) is 31.0 Å². The summed E-state index contributed by atoms with van der Waals surface area (Å²) in [5.41, 5.74) is -0.404. The van der Waals surface area contributed by atoms with Gasteiger partial charge in [0.1, 0.15) is 15.5 Å². The summed E-state index contributed by atoms with van der Waals surface area (Å²) in [5.74, 6) is -0.689. The van der Waals surface area contributed by atoms with Crippen molar-refractivity contribution >= 4 is 36.7 Å². The average molecular weight is 360 g/mol. The van der Waals surface area contributed by atoms with Crippen molar-refractivity contribution in [1.29, 1.82) is 0 Å². The third-order valence-electron chi connectivity index (χ3n) is 3.12. The Hall–Kier alpha value is -2.08. The van der Waals surface area contributed by atoms with E-state index in [0.29, 0.717) is 0 Å². The van der Waals surface area contributed by atoms with Crippen molar-refractivity contribution < 1.29 is 31.0 Å². The molecular formula is C12H12N2O7S2. The highest BCUT2D eigenvalue weighted by Crippen LogP contribution is 2.43. The zero-order valence-corrected chi connectivity index (χ0v) is 13.6. The van der Waals surface area contributed by atoms with E-state index in [1.807, 2.05) is 0 Å². The molecule has 0 aliphatic heterocycles. The lowest BCUT2D eigenvalue weighted by molar-refractivity contribution is 0.471. The van der Waals surface area contributed by atoms with Crippen LogP contribution in [0.3, 0.4) is 0 Å². The van der Waals surface area contributed by atoms with Gasteiger partial charge < -0.3 is 5.11 Å². The van der Waals surface area contributed by atoms with Crippen molar-refractivity contribution in [3.05, 3.63) is 23.8 Å². The Bertz CT molecular complexity index is 1040. The van der Waals surface area contributed by atoms with Gasteiger partial charge in [-0.15, -0.1) is 0 Å². The van der Waals surface area contributed by atoms with Crippen molar-refractivity contribution in [3.63, 3.8) is 0 Å². The summed E-state index contributed by atoms with van der Waals surface area (Å²) in [7, 11) is -8.32. The van der Waals surface area contributed by atoms with E-state index in [-0.39, 0.29) is 16.3 Å². The fourth-order valence-electron chi connectivity index (χ4n) is 2.24. The SMILES string of the molecule is CN=Nc1c(S(=O)(=O)O)cc2c(S(=O)(=O)O)c(C)ccc2c1O. The van der Waals surface area contributed by atoms with Crippen LogP contribution in [0.2, 0.25) is 0 Å². The Kier molecular flexibility index (Phi) is 4.15. The molecule has 0 aliphatic rings. The van der Waals surface area contributed by atoms with Gasteiger partial charge in [-0.1, -0.05) is 12.1 Å². The highest BCUT2D eigenvalue weighted by molar-refractivity contribution is 7.86. The van der Waals surface area contributed by atoms with Gasteiger partial charge >= 0.3 is 0 Å². The number of phenols is 1. The number of phenolic OH excluding ortho intramolecular Hbond substituents is 1. The van der Waals surface area contributed by atoms with Gasteiger partial charge in [0.25, 0.3) is 20.2 Å². The monoisotopic (exact) mass is 360 g/mol. The molecule has 0 bridgehead atoms. The minimum absolute atomic E-state index is 0.0713. The van der Waals surface area contributed by atoms with E-state index >= 15 is 0 Å². The lowest BCUT2D eigenvalue weighted by Crippen LogP contribution is -2.04. The Morgan fingerprint density at radius 1 is 1.00 bits per heavy atom. The fraction of sp³-hybridized carbons (Fsp3) is 0.167. The van der Waals surface area contributed by atoms with Gasteiger partial charge in [0.15, 0.2) is 5.75 Å². The molecule has 9 nitrogen and oxygen atoms in total. The number of nitrogens with zero attached hydrogens (tertiary/aromatic N) is 2. The maximum Gasteiger partial charge on any atom is 0.296 e. The third kappa shape index (κ3) is 3.03. The summed E-state index contributed by atoms with van der Waals surface area (Å²) in [4.78, 5) is -1.40. The Morgan fingerprint density at radius 3 is 2.09 bits per heavy atom. The van der Waals surface area contributed by atoms with Crippen molar-refractivity contribution in [3.8, 4) is 5.75 Å². The molecule has 0 atom stereocenters. The zero-order valence-electron chi connectivity index (χ0n) is 11.9. The normalized spacial score (nSPS) is 13.0. The van der Waals surface area contributed by atoms with Crippen LogP contribution in [0, 0.1) is 6.92 Å². The number of aromatic hydroxyl groups is 1. The molecule has 2 aromatic carbocycles. The average Bonchev–Trinajstić information content (AvgIpc) is 2.38. The first kappa shape index (κ1) is 17.3. The summed E-state index contributed by atoms with van der Waals surface area (Å²) in [5, 5.41) is 16.7. The van der Waals surface area contributed by atoms with Crippen LogP contribution in [-0.4, -0.2) is 38.1 Å². The summed E-state index contributed by atoms with van der Waals surface area (Å²) in [6.07, 6.45) is 0. The van der Waals surface area contributed by atoms with E-state index in [1.54, 1.807) is 0 Å². The van der Waals surface area contributed by atoms with Gasteiger partial charge in [-0.2, -0.15) is 27.1 Å². The van der Waals surface area contributed by atoms with Crippen molar-refractivity contribution in [2.24, 2.45) is 10.2 Å². The molecule has 3 N–H and O–H groups in total. The predicted molar refractivity (Wildman–Crippen MR) is 80.4 cm³/mol. The fourth-order valence-corrected chi connectivity index (χ4v) is 3.81. The molecule has 0 fully saturated rings. The molecule has 0 heterocycles. The standard InChI is InChI=1S/C12H12N2O7S2/c1-6-3-4-7-8(12(6)23(19,20)21)5-9(22(16,17)18)10(11(7)15)14-13-2/h3-5,15H,1-2H3,(H,16,17,18)(H,19,20,21). The smallest absolute Gasteiger partial charge is 0.296 e. The van der Waals surface area contributed by atoms with E-state index in [2.05, 4.69) is 10.2 Å². The molecule has 0 radical (unpaired) electrons. The molecule has 11 heteroatoms. The van der Waals surface area contributed by atoms with Crippen LogP contribution in [0.5, 0.6) is 5.75 Å². The van der Waals surface area contributed by atoms with E-state index < -0.39 is 41.5 Å². The molecule has 0 amide bonds. The largest absolute Gasteiger partial charge is 0.505 e. The summed E-state index contributed by atoms with van der Waals surface area (Å²) in [6.45, 7) is 1.38. The van der Waals surface area contributed by atoms with Crippen LogP contribution in [0.15, 0.2) is 38.2 Å². The highest BCUT2D eigenvalue weighted by Gasteiger charge is 2.26. The quantitative estimate of drug-likeness (QED) is 0.559. The zero-order chi connectivity index (χ0) is 17.6. The van der Waals surface area contributed by atoms with Crippen LogP contribution < -0.4 is 0 Å². The van der Waals surface area contributed by atoms with E-state index in [0.717, 1.165) is 6.07 Å². The van der Waals surface area contributed by atoms with Gasteiger partial charge in [0.05, 0.1) is 0 Å². The number of azo groups is 1. The van der Waals surface area contributed by atoms with Gasteiger partial charge in [-0.3, -0.25) is 9.11 Å². The Balaban J connectivity index is 3.18.